The van der Waals surface area contributed by atoms with Crippen LogP contribution >= 0.6 is 0 Å². The molecule has 0 unspecified atom stereocenters. The molecule has 1 aliphatic rings. The Labute approximate surface area is 122 Å². The van der Waals surface area contributed by atoms with Crippen molar-refractivity contribution in [3.63, 3.8) is 0 Å². The molecular formula is C14H16N6O. The Bertz CT molecular complexity index is 632. The number of likely N-dealkylation sites (tertiary alicyclic amines) is 1. The van der Waals surface area contributed by atoms with Crippen LogP contribution in [-0.2, 0) is 4.79 Å². The van der Waals surface area contributed by atoms with Crippen LogP contribution in [0.2, 0.25) is 0 Å². The van der Waals surface area contributed by atoms with Gasteiger partial charge in [-0.15, -0.1) is 0 Å². The quantitative estimate of drug-likeness (QED) is 0.923. The van der Waals surface area contributed by atoms with Crippen LogP contribution in [0.15, 0.2) is 31.0 Å². The fourth-order valence-corrected chi connectivity index (χ4v) is 2.60. The molecule has 3 heterocycles. The second-order valence-corrected chi connectivity index (χ2v) is 4.88. The van der Waals surface area contributed by atoms with Crippen molar-refractivity contribution in [1.82, 2.24) is 24.8 Å². The van der Waals surface area contributed by atoms with E-state index in [1.165, 1.54) is 0 Å². The molecule has 0 saturated carbocycles. The topological polar surface area (TPSA) is 83.9 Å². The van der Waals surface area contributed by atoms with E-state index in [0.717, 1.165) is 25.1 Å². The standard InChI is InChI=1S/C14H16N6O/c1-10(21)20-8-2-3-11(20)13-14(18-7-6-17-13)19-12-9-15-4-5-16-12/h4-7,9,11H,2-3,8H2,1H3,(H,16,18,19)/t11-/m1/s1. The second kappa shape index (κ2) is 5.82. The molecule has 1 aliphatic heterocycles. The van der Waals surface area contributed by atoms with Gasteiger partial charge >= 0.3 is 0 Å². The highest BCUT2D eigenvalue weighted by Crippen LogP contribution is 2.34. The van der Waals surface area contributed by atoms with Gasteiger partial charge in [0.05, 0.1) is 12.2 Å². The molecule has 1 atom stereocenters. The SMILES string of the molecule is CC(=O)N1CCC[C@@H]1c1nccnc1Nc1cnccn1. The first kappa shape index (κ1) is 13.4. The Morgan fingerprint density at radius 3 is 2.81 bits per heavy atom. The van der Waals surface area contributed by atoms with Gasteiger partial charge in [-0.25, -0.2) is 9.97 Å². The van der Waals surface area contributed by atoms with Crippen molar-refractivity contribution in [3.8, 4) is 0 Å². The summed E-state index contributed by atoms with van der Waals surface area (Å²) in [5.41, 5.74) is 0.774. The highest BCUT2D eigenvalue weighted by atomic mass is 16.2. The van der Waals surface area contributed by atoms with Crippen molar-refractivity contribution in [2.45, 2.75) is 25.8 Å². The number of hydrogen-bond acceptors (Lipinski definition) is 6. The number of carbonyl (C=O) groups is 1. The molecule has 1 fully saturated rings. The summed E-state index contributed by atoms with van der Waals surface area (Å²) < 4.78 is 0. The summed E-state index contributed by atoms with van der Waals surface area (Å²) in [6.45, 7) is 2.35. The number of anilines is 2. The molecule has 0 radical (unpaired) electrons. The summed E-state index contributed by atoms with van der Waals surface area (Å²) in [4.78, 5) is 30.5. The number of amides is 1. The van der Waals surface area contributed by atoms with Gasteiger partial charge in [0.1, 0.15) is 11.5 Å². The minimum Gasteiger partial charge on any atom is -0.334 e. The Morgan fingerprint density at radius 1 is 1.24 bits per heavy atom. The van der Waals surface area contributed by atoms with E-state index in [0.29, 0.717) is 11.6 Å². The van der Waals surface area contributed by atoms with Gasteiger partial charge in [0.15, 0.2) is 5.82 Å². The molecule has 7 heteroatoms. The van der Waals surface area contributed by atoms with Crippen LogP contribution in [0.25, 0.3) is 0 Å². The van der Waals surface area contributed by atoms with Gasteiger partial charge in [-0.1, -0.05) is 0 Å². The third-order valence-corrected chi connectivity index (χ3v) is 3.51. The number of nitrogens with one attached hydrogen (secondary N) is 1. The second-order valence-electron chi connectivity index (χ2n) is 4.88. The van der Waals surface area contributed by atoms with Crippen molar-refractivity contribution in [2.24, 2.45) is 0 Å². The summed E-state index contributed by atoms with van der Waals surface area (Å²) in [6.07, 6.45) is 9.98. The zero-order valence-electron chi connectivity index (χ0n) is 11.7. The molecule has 0 bridgehead atoms. The van der Waals surface area contributed by atoms with Crippen LogP contribution in [0.1, 0.15) is 31.5 Å². The summed E-state index contributed by atoms with van der Waals surface area (Å²) in [5, 5.41) is 3.12. The fourth-order valence-electron chi connectivity index (χ4n) is 2.60. The highest BCUT2D eigenvalue weighted by Gasteiger charge is 2.31. The van der Waals surface area contributed by atoms with E-state index < -0.39 is 0 Å². The fraction of sp³-hybridized carbons (Fsp3) is 0.357. The lowest BCUT2D eigenvalue weighted by molar-refractivity contribution is -0.129. The molecule has 7 nitrogen and oxygen atoms in total. The molecule has 0 aliphatic carbocycles. The van der Waals surface area contributed by atoms with Crippen molar-refractivity contribution >= 4 is 17.5 Å². The number of rotatable bonds is 3. The maximum absolute atomic E-state index is 11.7. The number of carbonyl (C=O) groups excluding carboxylic acids is 1. The van der Waals surface area contributed by atoms with Gasteiger partial charge in [0.25, 0.3) is 0 Å². The molecule has 21 heavy (non-hydrogen) atoms. The molecule has 2 aromatic rings. The van der Waals surface area contributed by atoms with E-state index >= 15 is 0 Å². The molecular weight excluding hydrogens is 268 g/mol. The van der Waals surface area contributed by atoms with Crippen molar-refractivity contribution in [3.05, 3.63) is 36.7 Å². The van der Waals surface area contributed by atoms with Gasteiger partial charge in [0.2, 0.25) is 5.91 Å². The minimum absolute atomic E-state index is 0.0321. The van der Waals surface area contributed by atoms with Gasteiger partial charge in [0, 0.05) is 38.3 Å². The van der Waals surface area contributed by atoms with E-state index in [4.69, 9.17) is 0 Å². The lowest BCUT2D eigenvalue weighted by Gasteiger charge is -2.24. The van der Waals surface area contributed by atoms with Gasteiger partial charge in [-0.05, 0) is 12.8 Å². The largest absolute Gasteiger partial charge is 0.334 e. The lowest BCUT2D eigenvalue weighted by atomic mass is 10.1. The first-order valence-electron chi connectivity index (χ1n) is 6.87. The van der Waals surface area contributed by atoms with Crippen molar-refractivity contribution in [1.29, 1.82) is 0 Å². The molecule has 1 N–H and O–H groups in total. The summed E-state index contributed by atoms with van der Waals surface area (Å²) in [7, 11) is 0. The Morgan fingerprint density at radius 2 is 2.05 bits per heavy atom. The first-order valence-corrected chi connectivity index (χ1v) is 6.87. The molecule has 0 aromatic carbocycles. The van der Waals surface area contributed by atoms with Gasteiger partial charge < -0.3 is 10.2 Å². The maximum Gasteiger partial charge on any atom is 0.220 e. The van der Waals surface area contributed by atoms with Crippen molar-refractivity contribution in [2.75, 3.05) is 11.9 Å². The maximum atomic E-state index is 11.7. The Hall–Kier alpha value is -2.57. The third kappa shape index (κ3) is 2.81. The van der Waals surface area contributed by atoms with E-state index in [1.807, 2.05) is 4.90 Å². The van der Waals surface area contributed by atoms with Gasteiger partial charge in [-0.2, -0.15) is 0 Å². The van der Waals surface area contributed by atoms with E-state index in [2.05, 4.69) is 25.3 Å². The zero-order valence-corrected chi connectivity index (χ0v) is 11.7. The first-order chi connectivity index (χ1) is 10.3. The predicted molar refractivity (Wildman–Crippen MR) is 76.7 cm³/mol. The normalized spacial score (nSPS) is 17.8. The van der Waals surface area contributed by atoms with E-state index in [-0.39, 0.29) is 11.9 Å². The Kier molecular flexibility index (Phi) is 3.72. The third-order valence-electron chi connectivity index (χ3n) is 3.51. The molecule has 2 aromatic heterocycles. The smallest absolute Gasteiger partial charge is 0.220 e. The van der Waals surface area contributed by atoms with Crippen LogP contribution in [0.5, 0.6) is 0 Å². The summed E-state index contributed by atoms with van der Waals surface area (Å²) in [6, 6.07) is -0.0321. The molecule has 0 spiro atoms. The number of nitrogens with zero attached hydrogens (tertiary/aromatic N) is 5. The average molecular weight is 284 g/mol. The summed E-state index contributed by atoms with van der Waals surface area (Å²) >= 11 is 0. The number of aromatic nitrogens is 4. The average Bonchev–Trinajstić information content (AvgIpc) is 2.98. The van der Waals surface area contributed by atoms with E-state index in [1.54, 1.807) is 37.9 Å². The van der Waals surface area contributed by atoms with Crippen LogP contribution in [0.3, 0.4) is 0 Å². The van der Waals surface area contributed by atoms with Crippen LogP contribution < -0.4 is 5.32 Å². The molecule has 3 rings (SSSR count). The lowest BCUT2D eigenvalue weighted by Crippen LogP contribution is -2.29. The van der Waals surface area contributed by atoms with Crippen LogP contribution in [0.4, 0.5) is 11.6 Å². The van der Waals surface area contributed by atoms with Gasteiger partial charge in [-0.3, -0.25) is 14.8 Å². The number of hydrogen-bond donors (Lipinski definition) is 1. The predicted octanol–water partition coefficient (Wildman–Crippen LogP) is 1.69. The summed E-state index contributed by atoms with van der Waals surface area (Å²) in [5.74, 6) is 1.29. The molecule has 108 valence electrons. The Balaban J connectivity index is 1.91. The zero-order chi connectivity index (χ0) is 14.7. The van der Waals surface area contributed by atoms with Crippen LogP contribution in [-0.4, -0.2) is 37.3 Å². The van der Waals surface area contributed by atoms with Crippen molar-refractivity contribution < 1.29 is 4.79 Å². The molecule has 1 amide bonds. The molecule has 1 saturated heterocycles. The monoisotopic (exact) mass is 284 g/mol. The van der Waals surface area contributed by atoms with E-state index in [9.17, 15) is 4.79 Å². The highest BCUT2D eigenvalue weighted by molar-refractivity contribution is 5.74. The van der Waals surface area contributed by atoms with Crippen LogP contribution in [0, 0.1) is 0 Å². The minimum atomic E-state index is -0.0321.